The molecule has 4 heteroatoms. The average Bonchev–Trinajstić information content (AvgIpc) is 2.84. The van der Waals surface area contributed by atoms with E-state index in [1.54, 1.807) is 18.1 Å². The van der Waals surface area contributed by atoms with Crippen molar-refractivity contribution in [1.82, 2.24) is 15.1 Å². The fourth-order valence-electron chi connectivity index (χ4n) is 1.63. The number of hydrogen-bond donors (Lipinski definition) is 1. The average molecular weight is 229 g/mol. The Hall–Kier alpha value is -2.10. The van der Waals surface area contributed by atoms with Gasteiger partial charge in [-0.05, 0) is 12.5 Å². The highest BCUT2D eigenvalue weighted by atomic mass is 16.2. The summed E-state index contributed by atoms with van der Waals surface area (Å²) in [7, 11) is 1.79. The lowest BCUT2D eigenvalue weighted by Gasteiger charge is -2.16. The Bertz CT molecular complexity index is 488. The molecule has 0 radical (unpaired) electrons. The van der Waals surface area contributed by atoms with Gasteiger partial charge >= 0.3 is 0 Å². The number of carbonyl (C=O) groups excluding carboxylic acids is 1. The maximum atomic E-state index is 11.9. The minimum Gasteiger partial charge on any atom is -0.337 e. The maximum Gasteiger partial charge on any atom is 0.257 e. The van der Waals surface area contributed by atoms with Gasteiger partial charge in [-0.3, -0.25) is 9.89 Å². The Morgan fingerprint density at radius 2 is 2.06 bits per heavy atom. The Morgan fingerprint density at radius 3 is 2.65 bits per heavy atom. The highest BCUT2D eigenvalue weighted by Crippen LogP contribution is 2.08. The van der Waals surface area contributed by atoms with E-state index in [1.807, 2.05) is 31.2 Å². The lowest BCUT2D eigenvalue weighted by molar-refractivity contribution is 0.0785. The van der Waals surface area contributed by atoms with Crippen LogP contribution in [-0.2, 0) is 6.54 Å². The first kappa shape index (κ1) is 11.4. The van der Waals surface area contributed by atoms with E-state index in [9.17, 15) is 4.79 Å². The van der Waals surface area contributed by atoms with E-state index in [1.165, 1.54) is 11.8 Å². The van der Waals surface area contributed by atoms with Crippen molar-refractivity contribution in [2.24, 2.45) is 0 Å². The number of H-pyrrole nitrogens is 1. The second kappa shape index (κ2) is 4.82. The molecule has 1 amide bonds. The number of benzene rings is 1. The molecule has 0 unspecified atom stereocenters. The molecule has 0 spiro atoms. The SMILES string of the molecule is Cc1ccc(CN(C)C(=O)c2cn[nH]c2)cc1. The van der Waals surface area contributed by atoms with Crippen LogP contribution in [0.1, 0.15) is 21.5 Å². The van der Waals surface area contributed by atoms with Crippen LogP contribution in [0.5, 0.6) is 0 Å². The van der Waals surface area contributed by atoms with Crippen molar-refractivity contribution in [3.05, 3.63) is 53.3 Å². The van der Waals surface area contributed by atoms with Crippen LogP contribution in [0.3, 0.4) is 0 Å². The van der Waals surface area contributed by atoms with Gasteiger partial charge in [-0.1, -0.05) is 29.8 Å². The highest BCUT2D eigenvalue weighted by Gasteiger charge is 2.12. The fourth-order valence-corrected chi connectivity index (χ4v) is 1.63. The number of hydrogen-bond acceptors (Lipinski definition) is 2. The van der Waals surface area contributed by atoms with Crippen LogP contribution in [0.15, 0.2) is 36.7 Å². The van der Waals surface area contributed by atoms with Crippen LogP contribution in [0.25, 0.3) is 0 Å². The smallest absolute Gasteiger partial charge is 0.257 e. The molecule has 1 N–H and O–H groups in total. The standard InChI is InChI=1S/C13H15N3O/c1-10-3-5-11(6-4-10)9-16(2)13(17)12-7-14-15-8-12/h3-8H,9H2,1-2H3,(H,14,15). The van der Waals surface area contributed by atoms with Gasteiger partial charge < -0.3 is 4.90 Å². The first-order chi connectivity index (χ1) is 8.16. The van der Waals surface area contributed by atoms with Crippen molar-refractivity contribution in [2.75, 3.05) is 7.05 Å². The summed E-state index contributed by atoms with van der Waals surface area (Å²) in [6, 6.07) is 8.17. The predicted molar refractivity (Wildman–Crippen MR) is 65.6 cm³/mol. The summed E-state index contributed by atoms with van der Waals surface area (Å²) in [4.78, 5) is 13.6. The maximum absolute atomic E-state index is 11.9. The third kappa shape index (κ3) is 2.72. The van der Waals surface area contributed by atoms with E-state index in [4.69, 9.17) is 0 Å². The van der Waals surface area contributed by atoms with Crippen LogP contribution in [0, 0.1) is 6.92 Å². The summed E-state index contributed by atoms with van der Waals surface area (Å²) in [6.07, 6.45) is 3.14. The van der Waals surface area contributed by atoms with Crippen molar-refractivity contribution < 1.29 is 4.79 Å². The number of carbonyl (C=O) groups is 1. The van der Waals surface area contributed by atoms with Crippen molar-refractivity contribution in [1.29, 1.82) is 0 Å². The van der Waals surface area contributed by atoms with Gasteiger partial charge in [0.15, 0.2) is 0 Å². The normalized spacial score (nSPS) is 10.2. The molecule has 17 heavy (non-hydrogen) atoms. The summed E-state index contributed by atoms with van der Waals surface area (Å²) in [5.74, 6) is -0.0284. The van der Waals surface area contributed by atoms with Gasteiger partial charge in [0.2, 0.25) is 0 Å². The van der Waals surface area contributed by atoms with E-state index in [0.717, 1.165) is 5.56 Å². The molecular weight excluding hydrogens is 214 g/mol. The molecule has 2 aromatic rings. The van der Waals surface area contributed by atoms with Gasteiger partial charge in [-0.25, -0.2) is 0 Å². The van der Waals surface area contributed by atoms with Crippen molar-refractivity contribution >= 4 is 5.91 Å². The molecule has 0 atom stereocenters. The quantitative estimate of drug-likeness (QED) is 0.875. The van der Waals surface area contributed by atoms with Crippen LogP contribution in [0.2, 0.25) is 0 Å². The molecule has 4 nitrogen and oxygen atoms in total. The Kier molecular flexibility index (Phi) is 3.23. The second-order valence-electron chi connectivity index (χ2n) is 4.13. The lowest BCUT2D eigenvalue weighted by Crippen LogP contribution is -2.25. The Morgan fingerprint density at radius 1 is 1.35 bits per heavy atom. The highest BCUT2D eigenvalue weighted by molar-refractivity contribution is 5.93. The molecule has 1 aromatic carbocycles. The number of nitrogens with one attached hydrogen (secondary N) is 1. The lowest BCUT2D eigenvalue weighted by atomic mass is 10.1. The van der Waals surface area contributed by atoms with E-state index < -0.39 is 0 Å². The third-order valence-corrected chi connectivity index (χ3v) is 2.63. The zero-order valence-electron chi connectivity index (χ0n) is 9.97. The van der Waals surface area contributed by atoms with Crippen LogP contribution >= 0.6 is 0 Å². The fraction of sp³-hybridized carbons (Fsp3) is 0.231. The molecule has 2 rings (SSSR count). The molecule has 0 aliphatic carbocycles. The first-order valence-corrected chi connectivity index (χ1v) is 5.46. The van der Waals surface area contributed by atoms with Gasteiger partial charge in [0, 0.05) is 19.8 Å². The molecule has 1 heterocycles. The number of aromatic nitrogens is 2. The van der Waals surface area contributed by atoms with Crippen LogP contribution in [-0.4, -0.2) is 28.1 Å². The predicted octanol–water partition coefficient (Wildman–Crippen LogP) is 1.99. The van der Waals surface area contributed by atoms with Gasteiger partial charge in [-0.2, -0.15) is 5.10 Å². The van der Waals surface area contributed by atoms with Gasteiger partial charge in [0.05, 0.1) is 11.8 Å². The van der Waals surface area contributed by atoms with Crippen LogP contribution in [0.4, 0.5) is 0 Å². The molecular formula is C13H15N3O. The molecule has 0 aliphatic rings. The van der Waals surface area contributed by atoms with Gasteiger partial charge in [0.25, 0.3) is 5.91 Å². The van der Waals surface area contributed by atoms with E-state index in [-0.39, 0.29) is 5.91 Å². The van der Waals surface area contributed by atoms with E-state index in [0.29, 0.717) is 12.1 Å². The second-order valence-corrected chi connectivity index (χ2v) is 4.13. The molecule has 0 aliphatic heterocycles. The Balaban J connectivity index is 2.04. The van der Waals surface area contributed by atoms with Crippen molar-refractivity contribution in [2.45, 2.75) is 13.5 Å². The summed E-state index contributed by atoms with van der Waals surface area (Å²) in [5, 5.41) is 6.41. The minimum atomic E-state index is -0.0284. The number of amides is 1. The summed E-state index contributed by atoms with van der Waals surface area (Å²) in [5.41, 5.74) is 2.92. The summed E-state index contributed by atoms with van der Waals surface area (Å²) >= 11 is 0. The van der Waals surface area contributed by atoms with E-state index >= 15 is 0 Å². The number of aromatic amines is 1. The van der Waals surface area contributed by atoms with Gasteiger partial charge in [0.1, 0.15) is 0 Å². The number of aryl methyl sites for hydroxylation is 1. The van der Waals surface area contributed by atoms with Crippen molar-refractivity contribution in [3.63, 3.8) is 0 Å². The zero-order valence-corrected chi connectivity index (χ0v) is 9.97. The topological polar surface area (TPSA) is 49.0 Å². The summed E-state index contributed by atoms with van der Waals surface area (Å²) < 4.78 is 0. The third-order valence-electron chi connectivity index (χ3n) is 2.63. The Labute approximate surface area is 100 Å². The zero-order chi connectivity index (χ0) is 12.3. The van der Waals surface area contributed by atoms with Gasteiger partial charge in [-0.15, -0.1) is 0 Å². The van der Waals surface area contributed by atoms with E-state index in [2.05, 4.69) is 10.2 Å². The summed E-state index contributed by atoms with van der Waals surface area (Å²) in [6.45, 7) is 2.65. The molecule has 0 saturated carbocycles. The monoisotopic (exact) mass is 229 g/mol. The first-order valence-electron chi connectivity index (χ1n) is 5.46. The minimum absolute atomic E-state index is 0.0284. The largest absolute Gasteiger partial charge is 0.337 e. The molecule has 0 bridgehead atoms. The molecule has 0 fully saturated rings. The molecule has 0 saturated heterocycles. The number of nitrogens with zero attached hydrogens (tertiary/aromatic N) is 2. The van der Waals surface area contributed by atoms with Crippen molar-refractivity contribution in [3.8, 4) is 0 Å². The number of rotatable bonds is 3. The molecule has 88 valence electrons. The van der Waals surface area contributed by atoms with Crippen LogP contribution < -0.4 is 0 Å². The molecule has 1 aromatic heterocycles.